The minimum absolute atomic E-state index is 0.178. The van der Waals surface area contributed by atoms with Crippen LogP contribution in [0.2, 0.25) is 10.0 Å². The van der Waals surface area contributed by atoms with Crippen molar-refractivity contribution in [3.05, 3.63) is 33.8 Å². The number of halogens is 2. The van der Waals surface area contributed by atoms with E-state index in [4.69, 9.17) is 23.2 Å². The molecular formula is C10H9Cl2NO. The molecule has 1 aromatic rings. The van der Waals surface area contributed by atoms with Crippen molar-refractivity contribution in [3.8, 4) is 0 Å². The molecule has 0 radical (unpaired) electrons. The van der Waals surface area contributed by atoms with Gasteiger partial charge in [-0.15, -0.1) is 0 Å². The summed E-state index contributed by atoms with van der Waals surface area (Å²) in [7, 11) is 0. The molecule has 74 valence electrons. The molecule has 1 N–H and O–H groups in total. The van der Waals surface area contributed by atoms with Gasteiger partial charge in [-0.25, -0.2) is 0 Å². The first-order valence-corrected chi connectivity index (χ1v) is 5.19. The van der Waals surface area contributed by atoms with Gasteiger partial charge in [-0.2, -0.15) is 0 Å². The fourth-order valence-corrected chi connectivity index (χ4v) is 1.77. The lowest BCUT2D eigenvalue weighted by atomic mass is 10.2. The van der Waals surface area contributed by atoms with E-state index >= 15 is 0 Å². The second-order valence-electron chi connectivity index (χ2n) is 3.34. The molecule has 2 nitrogen and oxygen atoms in total. The maximum Gasteiger partial charge on any atom is 0.254 e. The predicted octanol–water partition coefficient (Wildman–Crippen LogP) is 2.89. The molecule has 0 bridgehead atoms. The van der Waals surface area contributed by atoms with Gasteiger partial charge >= 0.3 is 0 Å². The molecule has 0 unspecified atom stereocenters. The van der Waals surface area contributed by atoms with Crippen LogP contribution >= 0.6 is 23.2 Å². The second-order valence-corrected chi connectivity index (χ2v) is 4.16. The zero-order valence-electron chi connectivity index (χ0n) is 7.39. The monoisotopic (exact) mass is 229 g/mol. The number of rotatable bonds is 2. The van der Waals surface area contributed by atoms with Crippen molar-refractivity contribution in [3.63, 3.8) is 0 Å². The number of hydrogen-bond acceptors (Lipinski definition) is 1. The molecule has 0 aromatic heterocycles. The van der Waals surface area contributed by atoms with Gasteiger partial charge in [0.1, 0.15) is 0 Å². The summed E-state index contributed by atoms with van der Waals surface area (Å²) in [4.78, 5) is 11.7. The van der Waals surface area contributed by atoms with E-state index in [9.17, 15) is 4.79 Å². The Morgan fingerprint density at radius 1 is 1.29 bits per heavy atom. The minimum atomic E-state index is -0.178. The average Bonchev–Trinajstić information content (AvgIpc) is 2.87. The number of carbonyl (C=O) groups excluding carboxylic acids is 1. The SMILES string of the molecule is O=C(NC1CC1)c1c(Cl)cccc1Cl. The first kappa shape index (κ1) is 9.81. The summed E-state index contributed by atoms with van der Waals surface area (Å²) in [5.74, 6) is -0.178. The minimum Gasteiger partial charge on any atom is -0.349 e. The highest BCUT2D eigenvalue weighted by atomic mass is 35.5. The Balaban J connectivity index is 2.24. The van der Waals surface area contributed by atoms with Crippen molar-refractivity contribution in [2.24, 2.45) is 0 Å². The standard InChI is InChI=1S/C10H9Cl2NO/c11-7-2-1-3-8(12)9(7)10(14)13-6-4-5-6/h1-3,6H,4-5H2,(H,13,14). The van der Waals surface area contributed by atoms with Crippen LogP contribution in [0.5, 0.6) is 0 Å². The zero-order chi connectivity index (χ0) is 10.1. The lowest BCUT2D eigenvalue weighted by molar-refractivity contribution is 0.0951. The van der Waals surface area contributed by atoms with E-state index in [2.05, 4.69) is 5.32 Å². The Labute approximate surface area is 92.2 Å². The van der Waals surface area contributed by atoms with E-state index in [0.717, 1.165) is 12.8 Å². The molecule has 1 saturated carbocycles. The third-order valence-electron chi connectivity index (χ3n) is 2.10. The van der Waals surface area contributed by atoms with E-state index < -0.39 is 0 Å². The maximum absolute atomic E-state index is 11.7. The molecule has 1 amide bonds. The van der Waals surface area contributed by atoms with Crippen molar-refractivity contribution < 1.29 is 4.79 Å². The molecule has 0 spiro atoms. The molecule has 14 heavy (non-hydrogen) atoms. The molecule has 0 atom stereocenters. The average molecular weight is 230 g/mol. The van der Waals surface area contributed by atoms with E-state index in [1.807, 2.05) is 0 Å². The van der Waals surface area contributed by atoms with Crippen LogP contribution in [0.25, 0.3) is 0 Å². The Hall–Kier alpha value is -0.730. The largest absolute Gasteiger partial charge is 0.349 e. The van der Waals surface area contributed by atoms with Gasteiger partial charge in [0, 0.05) is 6.04 Å². The third kappa shape index (κ3) is 2.02. The van der Waals surface area contributed by atoms with Gasteiger partial charge in [-0.1, -0.05) is 29.3 Å². The highest BCUT2D eigenvalue weighted by molar-refractivity contribution is 6.39. The summed E-state index contributed by atoms with van der Waals surface area (Å²) in [5.41, 5.74) is 0.378. The molecule has 0 aliphatic heterocycles. The summed E-state index contributed by atoms with van der Waals surface area (Å²) in [5, 5.41) is 3.64. The zero-order valence-corrected chi connectivity index (χ0v) is 8.90. The molecule has 1 aromatic carbocycles. The molecular weight excluding hydrogens is 221 g/mol. The quantitative estimate of drug-likeness (QED) is 0.831. The van der Waals surface area contributed by atoms with Gasteiger partial charge in [0.15, 0.2) is 0 Å². The van der Waals surface area contributed by atoms with Gasteiger partial charge in [-0.05, 0) is 25.0 Å². The highest BCUT2D eigenvalue weighted by Gasteiger charge is 2.25. The number of hydrogen-bond donors (Lipinski definition) is 1. The fraction of sp³-hybridized carbons (Fsp3) is 0.300. The normalized spacial score (nSPS) is 15.3. The predicted molar refractivity (Wildman–Crippen MR) is 57.0 cm³/mol. The van der Waals surface area contributed by atoms with Crippen molar-refractivity contribution in [1.82, 2.24) is 5.32 Å². The number of amides is 1. The molecule has 4 heteroatoms. The number of nitrogens with one attached hydrogen (secondary N) is 1. The van der Waals surface area contributed by atoms with Gasteiger partial charge < -0.3 is 5.32 Å². The molecule has 1 aliphatic rings. The summed E-state index contributed by atoms with van der Waals surface area (Å²) >= 11 is 11.8. The van der Waals surface area contributed by atoms with Crippen molar-refractivity contribution in [1.29, 1.82) is 0 Å². The summed E-state index contributed by atoms with van der Waals surface area (Å²) in [6.07, 6.45) is 2.10. The van der Waals surface area contributed by atoms with Crippen LogP contribution in [-0.2, 0) is 0 Å². The molecule has 2 rings (SSSR count). The first-order valence-electron chi connectivity index (χ1n) is 4.43. The van der Waals surface area contributed by atoms with Crippen LogP contribution in [0.1, 0.15) is 23.2 Å². The van der Waals surface area contributed by atoms with Gasteiger partial charge in [-0.3, -0.25) is 4.79 Å². The van der Waals surface area contributed by atoms with Crippen LogP contribution in [0.4, 0.5) is 0 Å². The Kier molecular flexibility index (Phi) is 2.66. The summed E-state index contributed by atoms with van der Waals surface area (Å²) < 4.78 is 0. The molecule has 0 saturated heterocycles. The van der Waals surface area contributed by atoms with Crippen molar-refractivity contribution in [2.75, 3.05) is 0 Å². The Bertz CT molecular complexity index is 354. The van der Waals surface area contributed by atoms with Crippen LogP contribution in [-0.4, -0.2) is 11.9 Å². The molecule has 1 fully saturated rings. The van der Waals surface area contributed by atoms with Crippen LogP contribution in [0.3, 0.4) is 0 Å². The van der Waals surface area contributed by atoms with Crippen molar-refractivity contribution in [2.45, 2.75) is 18.9 Å². The third-order valence-corrected chi connectivity index (χ3v) is 2.73. The van der Waals surface area contributed by atoms with E-state index in [0.29, 0.717) is 21.7 Å². The first-order chi connectivity index (χ1) is 6.68. The van der Waals surface area contributed by atoms with E-state index in [-0.39, 0.29) is 5.91 Å². The van der Waals surface area contributed by atoms with E-state index in [1.54, 1.807) is 18.2 Å². The summed E-state index contributed by atoms with van der Waals surface area (Å²) in [6, 6.07) is 5.36. The molecule has 0 heterocycles. The Morgan fingerprint density at radius 3 is 2.36 bits per heavy atom. The highest BCUT2D eigenvalue weighted by Crippen LogP contribution is 2.26. The Morgan fingerprint density at radius 2 is 1.86 bits per heavy atom. The number of benzene rings is 1. The van der Waals surface area contributed by atoms with E-state index in [1.165, 1.54) is 0 Å². The van der Waals surface area contributed by atoms with Crippen molar-refractivity contribution >= 4 is 29.1 Å². The lowest BCUT2D eigenvalue weighted by Gasteiger charge is -2.06. The smallest absolute Gasteiger partial charge is 0.254 e. The van der Waals surface area contributed by atoms with Gasteiger partial charge in [0.2, 0.25) is 0 Å². The van der Waals surface area contributed by atoms with Crippen LogP contribution < -0.4 is 5.32 Å². The topological polar surface area (TPSA) is 29.1 Å². The van der Waals surface area contributed by atoms with Crippen LogP contribution in [0.15, 0.2) is 18.2 Å². The lowest BCUT2D eigenvalue weighted by Crippen LogP contribution is -2.25. The second kappa shape index (κ2) is 3.79. The van der Waals surface area contributed by atoms with Crippen LogP contribution in [0, 0.1) is 0 Å². The molecule has 1 aliphatic carbocycles. The van der Waals surface area contributed by atoms with Gasteiger partial charge in [0.05, 0.1) is 15.6 Å². The summed E-state index contributed by atoms with van der Waals surface area (Å²) in [6.45, 7) is 0. The van der Waals surface area contributed by atoms with Gasteiger partial charge in [0.25, 0.3) is 5.91 Å². The maximum atomic E-state index is 11.7. The number of carbonyl (C=O) groups is 1. The fourth-order valence-electron chi connectivity index (χ4n) is 1.20.